The van der Waals surface area contributed by atoms with Gasteiger partial charge in [0.1, 0.15) is 6.04 Å². The maximum atomic E-state index is 14.4. The van der Waals surface area contributed by atoms with Crippen LogP contribution in [0, 0.1) is 11.8 Å². The number of carbonyl (C=O) groups is 3. The number of carbonyl (C=O) groups excluding carboxylic acids is 2. The average molecular weight is 544 g/mol. The predicted molar refractivity (Wildman–Crippen MR) is 152 cm³/mol. The van der Waals surface area contributed by atoms with Gasteiger partial charge in [0.15, 0.2) is 0 Å². The van der Waals surface area contributed by atoms with E-state index in [1.54, 1.807) is 27.6 Å². The van der Waals surface area contributed by atoms with Gasteiger partial charge in [-0.05, 0) is 63.8 Å². The molecule has 3 saturated heterocycles. The summed E-state index contributed by atoms with van der Waals surface area (Å²) in [4.78, 5) is 46.2. The van der Waals surface area contributed by atoms with Crippen molar-refractivity contribution in [3.05, 3.63) is 36.9 Å². The smallest absolute Gasteiger partial charge is 0.308 e. The molecule has 9 heteroatoms. The number of likely N-dealkylation sites (tertiary alicyclic amines) is 1. The fourth-order valence-electron chi connectivity index (χ4n) is 6.73. The fraction of sp³-hybridized carbons (Fsp3) is 0.621. The van der Waals surface area contributed by atoms with E-state index in [1.165, 1.54) is 0 Å². The number of amides is 2. The van der Waals surface area contributed by atoms with Crippen LogP contribution in [-0.2, 0) is 14.4 Å². The molecule has 1 aromatic carbocycles. The lowest BCUT2D eigenvalue weighted by molar-refractivity contribution is -0.148. The second kappa shape index (κ2) is 12.1. The Kier molecular flexibility index (Phi) is 9.08. The number of aliphatic hydroxyl groups is 1. The monoisotopic (exact) mass is 543 g/mol. The molecular weight excluding hydrogens is 502 g/mol. The van der Waals surface area contributed by atoms with Gasteiger partial charge in [-0.2, -0.15) is 0 Å². The minimum absolute atomic E-state index is 0.135. The molecule has 0 radical (unpaired) electrons. The quantitative estimate of drug-likeness (QED) is 0.272. The van der Waals surface area contributed by atoms with Crippen molar-refractivity contribution in [1.82, 2.24) is 4.90 Å². The molecule has 0 aliphatic carbocycles. The van der Waals surface area contributed by atoms with Crippen molar-refractivity contribution in [2.24, 2.45) is 11.8 Å². The zero-order chi connectivity index (χ0) is 27.4. The summed E-state index contributed by atoms with van der Waals surface area (Å²) in [6.45, 7) is 10.7. The summed E-state index contributed by atoms with van der Waals surface area (Å²) in [5, 5.41) is 19.0. The summed E-state index contributed by atoms with van der Waals surface area (Å²) in [7, 11) is 0. The number of benzene rings is 1. The largest absolute Gasteiger partial charge is 0.481 e. The minimum Gasteiger partial charge on any atom is -0.481 e. The first kappa shape index (κ1) is 28.5. The molecule has 2 unspecified atom stereocenters. The highest BCUT2D eigenvalue weighted by atomic mass is 32.2. The highest BCUT2D eigenvalue weighted by Crippen LogP contribution is 2.66. The lowest BCUT2D eigenvalue weighted by Crippen LogP contribution is -2.55. The Hall–Kier alpha value is -2.52. The van der Waals surface area contributed by atoms with Crippen molar-refractivity contribution in [3.8, 4) is 0 Å². The van der Waals surface area contributed by atoms with Gasteiger partial charge in [0.05, 0.1) is 16.6 Å². The number of aliphatic carboxylic acids is 1. The van der Waals surface area contributed by atoms with Crippen LogP contribution in [0.1, 0.15) is 52.4 Å². The summed E-state index contributed by atoms with van der Waals surface area (Å²) in [5.74, 6) is -2.72. The van der Waals surface area contributed by atoms with Crippen molar-refractivity contribution >= 4 is 40.9 Å². The van der Waals surface area contributed by atoms with Gasteiger partial charge in [-0.1, -0.05) is 18.9 Å². The third-order valence-electron chi connectivity index (χ3n) is 8.49. The Labute approximate surface area is 230 Å². The molecule has 3 aliphatic rings. The minimum atomic E-state index is -0.937. The van der Waals surface area contributed by atoms with Crippen LogP contribution in [0.2, 0.25) is 0 Å². The van der Waals surface area contributed by atoms with Crippen molar-refractivity contribution < 1.29 is 24.6 Å². The number of fused-ring (bicyclic) bond motifs is 1. The fourth-order valence-corrected chi connectivity index (χ4v) is 8.94. The molecular formula is C29H41N3O5S. The van der Waals surface area contributed by atoms with Crippen LogP contribution in [0.15, 0.2) is 36.9 Å². The maximum absolute atomic E-state index is 14.4. The summed E-state index contributed by atoms with van der Waals surface area (Å²) in [6.07, 6.45) is 6.18. The third kappa shape index (κ3) is 4.95. The van der Waals surface area contributed by atoms with Crippen molar-refractivity contribution in [3.63, 3.8) is 0 Å². The van der Waals surface area contributed by atoms with Crippen LogP contribution < -0.4 is 9.80 Å². The molecule has 1 aromatic rings. The number of hydrogen-bond donors (Lipinski definition) is 2. The standard InChI is InChI=1S/C29H41N3O5S/c1-4-17-31(21-13-11-20(12-14-21)30(5-2)6-3)27(35)25-29-16-15-22(38-29)23(28(36)37)24(29)26(34)32(25)18-9-7-8-10-19-33/h4,11-14,22-25,33H,1,5-10,15-19H2,2-3H3,(H,36,37)/t22-,23+,24-,25?,29?/m0/s1. The number of carboxylic acid groups (broad SMARTS) is 1. The number of carboxylic acids is 1. The molecule has 2 bridgehead atoms. The number of rotatable bonds is 14. The van der Waals surface area contributed by atoms with E-state index in [9.17, 15) is 19.5 Å². The Morgan fingerprint density at radius 1 is 1.13 bits per heavy atom. The second-order valence-corrected chi connectivity index (χ2v) is 12.1. The molecule has 208 valence electrons. The van der Waals surface area contributed by atoms with Gasteiger partial charge < -0.3 is 24.9 Å². The van der Waals surface area contributed by atoms with Gasteiger partial charge in [-0.25, -0.2) is 0 Å². The average Bonchev–Trinajstić information content (AvgIpc) is 3.55. The lowest BCUT2D eigenvalue weighted by Gasteiger charge is -2.37. The van der Waals surface area contributed by atoms with Crippen LogP contribution in [0.5, 0.6) is 0 Å². The van der Waals surface area contributed by atoms with E-state index in [0.717, 1.165) is 37.3 Å². The van der Waals surface area contributed by atoms with Crippen LogP contribution >= 0.6 is 11.8 Å². The topological polar surface area (TPSA) is 101 Å². The Morgan fingerprint density at radius 3 is 2.39 bits per heavy atom. The van der Waals surface area contributed by atoms with Gasteiger partial charge in [-0.3, -0.25) is 14.4 Å². The number of anilines is 2. The first-order valence-electron chi connectivity index (χ1n) is 13.9. The van der Waals surface area contributed by atoms with E-state index in [-0.39, 0.29) is 23.7 Å². The van der Waals surface area contributed by atoms with Crippen LogP contribution in [0.3, 0.4) is 0 Å². The van der Waals surface area contributed by atoms with E-state index < -0.39 is 28.6 Å². The third-order valence-corrected chi connectivity index (χ3v) is 10.4. The predicted octanol–water partition coefficient (Wildman–Crippen LogP) is 3.78. The van der Waals surface area contributed by atoms with Gasteiger partial charge in [0.25, 0.3) is 5.91 Å². The molecule has 3 fully saturated rings. The molecule has 0 aromatic heterocycles. The first-order chi connectivity index (χ1) is 18.3. The van der Waals surface area contributed by atoms with Crippen LogP contribution in [-0.4, -0.2) is 81.7 Å². The molecule has 3 heterocycles. The molecule has 3 aliphatic heterocycles. The molecule has 2 amide bonds. The molecule has 1 spiro atoms. The van der Waals surface area contributed by atoms with E-state index in [1.807, 2.05) is 24.3 Å². The molecule has 8 nitrogen and oxygen atoms in total. The summed E-state index contributed by atoms with van der Waals surface area (Å²) in [5.41, 5.74) is 1.83. The van der Waals surface area contributed by atoms with Crippen molar-refractivity contribution in [2.75, 3.05) is 42.6 Å². The zero-order valence-corrected chi connectivity index (χ0v) is 23.4. The summed E-state index contributed by atoms with van der Waals surface area (Å²) >= 11 is 1.56. The summed E-state index contributed by atoms with van der Waals surface area (Å²) in [6, 6.07) is 7.21. The van der Waals surface area contributed by atoms with Gasteiger partial charge >= 0.3 is 5.97 Å². The van der Waals surface area contributed by atoms with E-state index in [4.69, 9.17) is 5.11 Å². The number of aliphatic hydroxyl groups excluding tert-OH is 1. The lowest BCUT2D eigenvalue weighted by atomic mass is 9.71. The molecule has 0 saturated carbocycles. The number of nitrogens with zero attached hydrogens (tertiary/aromatic N) is 3. The SMILES string of the molecule is C=CCN(C(=O)C1N(CCCCCCO)C(=O)[C@@H]2[C@H](C(=O)O)[C@@H]3CCC12S3)c1ccc(N(CC)CC)cc1. The van der Waals surface area contributed by atoms with Gasteiger partial charge in [0.2, 0.25) is 5.91 Å². The van der Waals surface area contributed by atoms with Crippen molar-refractivity contribution in [1.29, 1.82) is 0 Å². The van der Waals surface area contributed by atoms with E-state index >= 15 is 0 Å². The van der Waals surface area contributed by atoms with Gasteiger partial charge in [-0.15, -0.1) is 18.3 Å². The molecule has 2 N–H and O–H groups in total. The van der Waals surface area contributed by atoms with Crippen LogP contribution in [0.25, 0.3) is 0 Å². The summed E-state index contributed by atoms with van der Waals surface area (Å²) < 4.78 is -0.715. The Morgan fingerprint density at radius 2 is 1.79 bits per heavy atom. The van der Waals surface area contributed by atoms with Gasteiger partial charge in [0, 0.05) is 49.4 Å². The first-order valence-corrected chi connectivity index (χ1v) is 14.8. The number of unbranched alkanes of at least 4 members (excludes halogenated alkanes) is 3. The zero-order valence-electron chi connectivity index (χ0n) is 22.6. The molecule has 4 rings (SSSR count). The van der Waals surface area contributed by atoms with Crippen molar-refractivity contribution in [2.45, 2.75) is 68.4 Å². The Bertz CT molecular complexity index is 1030. The molecule has 5 atom stereocenters. The highest BCUT2D eigenvalue weighted by molar-refractivity contribution is 8.02. The Balaban J connectivity index is 1.67. The highest BCUT2D eigenvalue weighted by Gasteiger charge is 2.74. The maximum Gasteiger partial charge on any atom is 0.308 e. The second-order valence-electron chi connectivity index (χ2n) is 10.5. The normalized spacial score (nSPS) is 27.4. The number of thioether (sulfide) groups is 1. The van der Waals surface area contributed by atoms with Crippen LogP contribution in [0.4, 0.5) is 11.4 Å². The van der Waals surface area contributed by atoms with E-state index in [2.05, 4.69) is 25.3 Å². The van der Waals surface area contributed by atoms with E-state index in [0.29, 0.717) is 38.8 Å². The number of hydrogen-bond acceptors (Lipinski definition) is 6. The molecule has 38 heavy (non-hydrogen) atoms.